The lowest BCUT2D eigenvalue weighted by Crippen LogP contribution is -2.40. The Balaban J connectivity index is 1.74. The van der Waals surface area contributed by atoms with Crippen LogP contribution in [-0.4, -0.2) is 66.6 Å². The zero-order chi connectivity index (χ0) is 19.3. The molecule has 0 aliphatic carbocycles. The molecule has 2 fully saturated rings. The Hall–Kier alpha value is -1.93. The Morgan fingerprint density at radius 3 is 2.78 bits per heavy atom. The number of hydrogen-bond donors (Lipinski definition) is 2. The molecule has 0 aromatic carbocycles. The van der Waals surface area contributed by atoms with Gasteiger partial charge >= 0.3 is 5.97 Å². The number of anilines is 2. The maximum atomic E-state index is 11.8. The lowest BCUT2D eigenvalue weighted by molar-refractivity contribution is -0.142. The van der Waals surface area contributed by atoms with Gasteiger partial charge in [-0.05, 0) is 39.5 Å². The number of carboxylic acid groups (broad SMARTS) is 1. The predicted molar refractivity (Wildman–Crippen MR) is 102 cm³/mol. The Labute approximate surface area is 160 Å². The first kappa shape index (κ1) is 19.8. The number of morpholine rings is 1. The summed E-state index contributed by atoms with van der Waals surface area (Å²) in [5.74, 6) is 0.310. The van der Waals surface area contributed by atoms with Crippen molar-refractivity contribution in [2.75, 3.05) is 49.7 Å². The molecular weight excluding hydrogens is 348 g/mol. The summed E-state index contributed by atoms with van der Waals surface area (Å²) in [6.07, 6.45) is 6.34. The van der Waals surface area contributed by atoms with Crippen molar-refractivity contribution >= 4 is 17.7 Å². The Morgan fingerprint density at radius 1 is 1.33 bits per heavy atom. The van der Waals surface area contributed by atoms with Gasteiger partial charge in [-0.2, -0.15) is 4.98 Å². The van der Waals surface area contributed by atoms with Crippen LogP contribution in [0.1, 0.15) is 45.1 Å². The fraction of sp³-hybridized carbons (Fsp3) is 0.737. The molecular formula is C19H30N4O4. The highest BCUT2D eigenvalue weighted by Gasteiger charge is 2.35. The molecule has 2 N–H and O–H groups in total. The van der Waals surface area contributed by atoms with Crippen LogP contribution >= 0.6 is 0 Å². The van der Waals surface area contributed by atoms with Crippen LogP contribution in [0.25, 0.3) is 0 Å². The highest BCUT2D eigenvalue weighted by atomic mass is 16.5. The molecule has 27 heavy (non-hydrogen) atoms. The maximum Gasteiger partial charge on any atom is 0.313 e. The van der Waals surface area contributed by atoms with Gasteiger partial charge in [-0.25, -0.2) is 4.98 Å². The monoisotopic (exact) mass is 378 g/mol. The molecule has 3 rings (SSSR count). The first-order valence-corrected chi connectivity index (χ1v) is 9.77. The summed E-state index contributed by atoms with van der Waals surface area (Å²) in [4.78, 5) is 22.9. The lowest BCUT2D eigenvalue weighted by atomic mass is 9.85. The minimum absolute atomic E-state index is 0.301. The normalized spacial score (nSPS) is 21.1. The van der Waals surface area contributed by atoms with Gasteiger partial charge in [-0.1, -0.05) is 0 Å². The summed E-state index contributed by atoms with van der Waals surface area (Å²) in [5, 5.41) is 12.9. The molecule has 1 aromatic heterocycles. The zero-order valence-corrected chi connectivity index (χ0v) is 16.2. The van der Waals surface area contributed by atoms with Gasteiger partial charge in [-0.3, -0.25) is 4.79 Å². The minimum Gasteiger partial charge on any atom is -0.481 e. The van der Waals surface area contributed by atoms with Crippen molar-refractivity contribution in [3.05, 3.63) is 11.8 Å². The average molecular weight is 378 g/mol. The molecule has 0 radical (unpaired) electrons. The van der Waals surface area contributed by atoms with Crippen LogP contribution in [0.15, 0.2) is 6.20 Å². The standard InChI is InChI=1S/C19H30N4O4/c1-19(2,17(24)25)15-13-21-18(20-7-6-14-5-3-4-10-27-14)22-16(15)23-8-11-26-12-9-23/h13-14H,3-12H2,1-2H3,(H,24,25)(H,20,21,22). The van der Waals surface area contributed by atoms with E-state index in [9.17, 15) is 9.90 Å². The van der Waals surface area contributed by atoms with E-state index < -0.39 is 11.4 Å². The van der Waals surface area contributed by atoms with E-state index in [-0.39, 0.29) is 0 Å². The molecule has 8 heteroatoms. The van der Waals surface area contributed by atoms with Crippen molar-refractivity contribution in [1.29, 1.82) is 0 Å². The third-order valence-electron chi connectivity index (χ3n) is 5.31. The van der Waals surface area contributed by atoms with Crippen LogP contribution in [-0.2, 0) is 19.7 Å². The highest BCUT2D eigenvalue weighted by Crippen LogP contribution is 2.32. The summed E-state index contributed by atoms with van der Waals surface area (Å²) < 4.78 is 11.2. The van der Waals surface area contributed by atoms with Crippen molar-refractivity contribution in [1.82, 2.24) is 9.97 Å². The second kappa shape index (κ2) is 8.84. The van der Waals surface area contributed by atoms with E-state index in [0.29, 0.717) is 49.7 Å². The minimum atomic E-state index is -1.07. The third kappa shape index (κ3) is 4.87. The zero-order valence-electron chi connectivity index (χ0n) is 16.2. The molecule has 1 aromatic rings. The van der Waals surface area contributed by atoms with Crippen LogP contribution in [0, 0.1) is 0 Å². The summed E-state index contributed by atoms with van der Waals surface area (Å²) in [5.41, 5.74) is -0.444. The largest absolute Gasteiger partial charge is 0.481 e. The van der Waals surface area contributed by atoms with Crippen LogP contribution in [0.3, 0.4) is 0 Å². The summed E-state index contributed by atoms with van der Waals surface area (Å²) in [6, 6.07) is 0. The molecule has 0 saturated carbocycles. The van der Waals surface area contributed by atoms with Gasteiger partial charge in [-0.15, -0.1) is 0 Å². The molecule has 2 saturated heterocycles. The van der Waals surface area contributed by atoms with Crippen molar-refractivity contribution in [3.8, 4) is 0 Å². The Morgan fingerprint density at radius 2 is 2.11 bits per heavy atom. The first-order chi connectivity index (χ1) is 13.0. The summed E-state index contributed by atoms with van der Waals surface area (Å²) in [7, 11) is 0. The van der Waals surface area contributed by atoms with E-state index >= 15 is 0 Å². The Bertz CT molecular complexity index is 641. The number of aromatic nitrogens is 2. The number of nitrogens with zero attached hydrogens (tertiary/aromatic N) is 3. The quantitative estimate of drug-likeness (QED) is 0.744. The maximum absolute atomic E-state index is 11.8. The number of rotatable bonds is 7. The number of aliphatic carboxylic acids is 1. The number of nitrogens with one attached hydrogen (secondary N) is 1. The van der Waals surface area contributed by atoms with E-state index in [1.54, 1.807) is 20.0 Å². The van der Waals surface area contributed by atoms with Crippen molar-refractivity contribution < 1.29 is 19.4 Å². The SMILES string of the molecule is CC(C)(C(=O)O)c1cnc(NCCC2CCCCO2)nc1N1CCOCC1. The topological polar surface area (TPSA) is 96.8 Å². The second-order valence-electron chi connectivity index (χ2n) is 7.66. The fourth-order valence-corrected chi connectivity index (χ4v) is 3.41. The van der Waals surface area contributed by atoms with Gasteiger partial charge in [0.2, 0.25) is 5.95 Å². The van der Waals surface area contributed by atoms with Gasteiger partial charge in [0.25, 0.3) is 0 Å². The molecule has 3 heterocycles. The number of ether oxygens (including phenoxy) is 2. The van der Waals surface area contributed by atoms with Gasteiger partial charge < -0.3 is 24.8 Å². The first-order valence-electron chi connectivity index (χ1n) is 9.77. The number of carboxylic acids is 1. The average Bonchev–Trinajstić information content (AvgIpc) is 2.69. The van der Waals surface area contributed by atoms with E-state index in [4.69, 9.17) is 9.47 Å². The van der Waals surface area contributed by atoms with Crippen molar-refractivity contribution in [3.63, 3.8) is 0 Å². The molecule has 0 spiro atoms. The molecule has 150 valence electrons. The molecule has 1 unspecified atom stereocenters. The Kier molecular flexibility index (Phi) is 6.49. The number of carbonyl (C=O) groups is 1. The van der Waals surface area contributed by atoms with Gasteiger partial charge in [0.1, 0.15) is 5.82 Å². The predicted octanol–water partition coefficient (Wildman–Crippen LogP) is 2.05. The molecule has 2 aliphatic heterocycles. The summed E-state index contributed by atoms with van der Waals surface area (Å²) >= 11 is 0. The van der Waals surface area contributed by atoms with Gasteiger partial charge in [0.15, 0.2) is 0 Å². The molecule has 8 nitrogen and oxygen atoms in total. The fourth-order valence-electron chi connectivity index (χ4n) is 3.41. The smallest absolute Gasteiger partial charge is 0.313 e. The van der Waals surface area contributed by atoms with Crippen LogP contribution in [0.4, 0.5) is 11.8 Å². The highest BCUT2D eigenvalue weighted by molar-refractivity contribution is 5.82. The van der Waals surface area contributed by atoms with E-state index in [2.05, 4.69) is 20.2 Å². The molecule has 0 bridgehead atoms. The van der Waals surface area contributed by atoms with Crippen LogP contribution < -0.4 is 10.2 Å². The van der Waals surface area contributed by atoms with E-state index in [0.717, 1.165) is 32.4 Å². The third-order valence-corrected chi connectivity index (χ3v) is 5.31. The van der Waals surface area contributed by atoms with E-state index in [1.165, 1.54) is 6.42 Å². The van der Waals surface area contributed by atoms with E-state index in [1.807, 2.05) is 0 Å². The van der Waals surface area contributed by atoms with Crippen LogP contribution in [0.5, 0.6) is 0 Å². The number of hydrogen-bond acceptors (Lipinski definition) is 7. The lowest BCUT2D eigenvalue weighted by Gasteiger charge is -2.32. The molecule has 2 aliphatic rings. The van der Waals surface area contributed by atoms with Crippen molar-refractivity contribution in [2.24, 2.45) is 0 Å². The van der Waals surface area contributed by atoms with Crippen molar-refractivity contribution in [2.45, 2.75) is 51.0 Å². The second-order valence-corrected chi connectivity index (χ2v) is 7.66. The van der Waals surface area contributed by atoms with Gasteiger partial charge in [0.05, 0.1) is 24.7 Å². The van der Waals surface area contributed by atoms with Crippen LogP contribution in [0.2, 0.25) is 0 Å². The summed E-state index contributed by atoms with van der Waals surface area (Å²) in [6.45, 7) is 7.55. The van der Waals surface area contributed by atoms with Gasteiger partial charge in [0, 0.05) is 38.0 Å². The molecule has 0 amide bonds. The molecule has 1 atom stereocenters.